The Kier molecular flexibility index (Phi) is 6.65. The number of allylic oxidation sites excluding steroid dienone is 2. The Balaban J connectivity index is 1.58. The molecule has 0 radical (unpaired) electrons. The minimum Gasteiger partial charge on any atom is -0.469 e. The molecule has 0 N–H and O–H groups in total. The Hall–Kier alpha value is -1.13. The van der Waals surface area contributed by atoms with E-state index in [1.54, 1.807) is 0 Å². The lowest BCUT2D eigenvalue weighted by atomic mass is 9.52. The predicted octanol–water partition coefficient (Wildman–Crippen LogP) is 6.02. The second kappa shape index (κ2) is 8.55. The monoisotopic (exact) mass is 404 g/mol. The van der Waals surface area contributed by atoms with E-state index in [1.807, 2.05) is 6.92 Å². The minimum absolute atomic E-state index is 0.229. The van der Waals surface area contributed by atoms with Crippen molar-refractivity contribution >= 4 is 5.97 Å². The largest absolute Gasteiger partial charge is 0.469 e. The maximum atomic E-state index is 11.8. The van der Waals surface area contributed by atoms with Crippen molar-refractivity contribution in [1.29, 1.82) is 0 Å². The molecule has 29 heavy (non-hydrogen) atoms. The Morgan fingerprint density at radius 2 is 1.97 bits per heavy atom. The van der Waals surface area contributed by atoms with Crippen molar-refractivity contribution in [1.82, 2.24) is 0 Å². The molecule has 0 aromatic heterocycles. The van der Waals surface area contributed by atoms with Gasteiger partial charge in [0.25, 0.3) is 0 Å². The van der Waals surface area contributed by atoms with Crippen molar-refractivity contribution in [2.75, 3.05) is 7.11 Å². The van der Waals surface area contributed by atoms with Crippen LogP contribution in [-0.4, -0.2) is 24.8 Å². The number of rotatable bonds is 5. The molecule has 2 saturated carbocycles. The van der Waals surface area contributed by atoms with Gasteiger partial charge in [-0.3, -0.25) is 4.79 Å². The highest BCUT2D eigenvalue weighted by atomic mass is 17.2. The molecule has 6 atom stereocenters. The summed E-state index contributed by atoms with van der Waals surface area (Å²) in [7, 11) is 1.41. The number of ether oxygens (including phenoxy) is 1. The summed E-state index contributed by atoms with van der Waals surface area (Å²) in [4.78, 5) is 23.3. The quantitative estimate of drug-likeness (QED) is 0.319. The molecule has 1 heterocycles. The van der Waals surface area contributed by atoms with E-state index in [0.29, 0.717) is 5.92 Å². The van der Waals surface area contributed by atoms with E-state index < -0.39 is 0 Å². The molecule has 3 fully saturated rings. The fourth-order valence-corrected chi connectivity index (χ4v) is 6.25. The zero-order valence-corrected chi connectivity index (χ0v) is 19.1. The molecular formula is C25H40O4. The lowest BCUT2D eigenvalue weighted by Gasteiger charge is -2.53. The van der Waals surface area contributed by atoms with Gasteiger partial charge in [-0.2, -0.15) is 0 Å². The standard InChI is InChI=1S/C25H40O4/c1-16-8-9-21-19(14-16)15-17(2)20(24(21,4)5)10-12-25(6)13-11-22(28-29-25)18(3)23(26)27-7/h18-22H,1-2,8-15H2,3-7H3/t18-,19+,20-,21+,22-,25+/m1/s1. The van der Waals surface area contributed by atoms with Crippen molar-refractivity contribution < 1.29 is 19.3 Å². The smallest absolute Gasteiger partial charge is 0.311 e. The summed E-state index contributed by atoms with van der Waals surface area (Å²) in [6, 6.07) is 0. The fourth-order valence-electron chi connectivity index (χ4n) is 6.25. The summed E-state index contributed by atoms with van der Waals surface area (Å²) in [5.41, 5.74) is 2.78. The van der Waals surface area contributed by atoms with E-state index in [9.17, 15) is 4.79 Å². The topological polar surface area (TPSA) is 44.8 Å². The molecule has 0 aromatic rings. The molecule has 0 amide bonds. The fraction of sp³-hybridized carbons (Fsp3) is 0.800. The van der Waals surface area contributed by atoms with E-state index in [-0.39, 0.29) is 29.0 Å². The third kappa shape index (κ3) is 4.64. The van der Waals surface area contributed by atoms with Gasteiger partial charge in [-0.15, -0.1) is 0 Å². The number of hydrogen-bond acceptors (Lipinski definition) is 4. The van der Waals surface area contributed by atoms with Crippen LogP contribution in [0.1, 0.15) is 79.1 Å². The van der Waals surface area contributed by atoms with Crippen LogP contribution in [0.15, 0.2) is 24.3 Å². The molecule has 0 bridgehead atoms. The highest BCUT2D eigenvalue weighted by molar-refractivity contribution is 5.72. The third-order valence-corrected chi connectivity index (χ3v) is 8.22. The molecular weight excluding hydrogens is 364 g/mol. The van der Waals surface area contributed by atoms with Crippen molar-refractivity contribution in [2.45, 2.75) is 90.8 Å². The van der Waals surface area contributed by atoms with Crippen LogP contribution in [-0.2, 0) is 19.3 Å². The zero-order chi connectivity index (χ0) is 21.4. The van der Waals surface area contributed by atoms with Gasteiger partial charge >= 0.3 is 5.97 Å². The molecule has 3 rings (SSSR count). The molecule has 164 valence electrons. The lowest BCUT2D eigenvalue weighted by molar-refractivity contribution is -0.411. The number of fused-ring (bicyclic) bond motifs is 1. The van der Waals surface area contributed by atoms with Gasteiger partial charge in [0.05, 0.1) is 13.0 Å². The normalized spacial score (nSPS) is 38.2. The molecule has 2 aliphatic carbocycles. The molecule has 4 heteroatoms. The first-order chi connectivity index (χ1) is 13.6. The van der Waals surface area contributed by atoms with Crippen molar-refractivity contribution in [3.05, 3.63) is 24.3 Å². The van der Waals surface area contributed by atoms with Gasteiger partial charge in [-0.1, -0.05) is 38.2 Å². The summed E-state index contributed by atoms with van der Waals surface area (Å²) in [6.07, 6.45) is 8.27. The Morgan fingerprint density at radius 1 is 1.24 bits per heavy atom. The number of hydrogen-bond donors (Lipinski definition) is 0. The van der Waals surface area contributed by atoms with Gasteiger partial charge in [-0.05, 0) is 88.4 Å². The average molecular weight is 405 g/mol. The van der Waals surface area contributed by atoms with Gasteiger partial charge in [0.2, 0.25) is 0 Å². The number of carbonyl (C=O) groups excluding carboxylic acids is 1. The molecule has 0 unspecified atom stereocenters. The number of esters is 1. The zero-order valence-electron chi connectivity index (χ0n) is 19.1. The Bertz CT molecular complexity index is 641. The molecule has 0 aromatic carbocycles. The summed E-state index contributed by atoms with van der Waals surface area (Å²) in [5, 5.41) is 0. The highest BCUT2D eigenvalue weighted by Crippen LogP contribution is 2.57. The highest BCUT2D eigenvalue weighted by Gasteiger charge is 2.48. The van der Waals surface area contributed by atoms with Crippen LogP contribution in [0.5, 0.6) is 0 Å². The number of carbonyl (C=O) groups is 1. The summed E-state index contributed by atoms with van der Waals surface area (Å²) in [5.74, 6) is 1.44. The molecule has 3 aliphatic rings. The van der Waals surface area contributed by atoms with Crippen LogP contribution in [0.4, 0.5) is 0 Å². The van der Waals surface area contributed by atoms with E-state index in [0.717, 1.165) is 43.9 Å². The van der Waals surface area contributed by atoms with Gasteiger partial charge in [0.15, 0.2) is 0 Å². The first-order valence-electron chi connectivity index (χ1n) is 11.3. The lowest BCUT2D eigenvalue weighted by Crippen LogP contribution is -2.46. The van der Waals surface area contributed by atoms with Gasteiger partial charge in [0, 0.05) is 0 Å². The molecule has 4 nitrogen and oxygen atoms in total. The first kappa shape index (κ1) is 22.6. The second-order valence-electron chi connectivity index (χ2n) is 10.7. The Labute approximate surface area is 177 Å². The first-order valence-corrected chi connectivity index (χ1v) is 11.3. The van der Waals surface area contributed by atoms with Crippen molar-refractivity contribution in [3.63, 3.8) is 0 Å². The maximum Gasteiger partial charge on any atom is 0.311 e. The van der Waals surface area contributed by atoms with Gasteiger partial charge in [0.1, 0.15) is 11.7 Å². The van der Waals surface area contributed by atoms with E-state index >= 15 is 0 Å². The van der Waals surface area contributed by atoms with Crippen LogP contribution < -0.4 is 0 Å². The molecule has 1 aliphatic heterocycles. The second-order valence-corrected chi connectivity index (χ2v) is 10.7. The van der Waals surface area contributed by atoms with Gasteiger partial charge in [-0.25, -0.2) is 9.78 Å². The molecule has 0 spiro atoms. The summed E-state index contributed by atoms with van der Waals surface area (Å²) >= 11 is 0. The van der Waals surface area contributed by atoms with Crippen LogP contribution in [0, 0.1) is 29.1 Å². The van der Waals surface area contributed by atoms with Crippen LogP contribution in [0.2, 0.25) is 0 Å². The van der Waals surface area contributed by atoms with E-state index in [2.05, 4.69) is 33.9 Å². The molecule has 1 saturated heterocycles. The number of methoxy groups -OCH3 is 1. The summed E-state index contributed by atoms with van der Waals surface area (Å²) < 4.78 is 4.84. The van der Waals surface area contributed by atoms with E-state index in [4.69, 9.17) is 14.5 Å². The van der Waals surface area contributed by atoms with E-state index in [1.165, 1.54) is 37.5 Å². The van der Waals surface area contributed by atoms with Crippen LogP contribution >= 0.6 is 0 Å². The maximum absolute atomic E-state index is 11.8. The van der Waals surface area contributed by atoms with Gasteiger partial charge < -0.3 is 4.74 Å². The van der Waals surface area contributed by atoms with Crippen molar-refractivity contribution in [2.24, 2.45) is 29.1 Å². The Morgan fingerprint density at radius 3 is 2.59 bits per heavy atom. The van der Waals surface area contributed by atoms with Crippen LogP contribution in [0.3, 0.4) is 0 Å². The predicted molar refractivity (Wildman–Crippen MR) is 115 cm³/mol. The summed E-state index contributed by atoms with van der Waals surface area (Å²) in [6.45, 7) is 17.6. The minimum atomic E-state index is -0.306. The SMILES string of the molecule is C=C1CC[C@H]2[C@@H](C1)CC(=C)[C@@H](CC[C@@]1(C)CC[C@H]([C@@H](C)C(=O)OC)OO1)C2(C)C. The van der Waals surface area contributed by atoms with Crippen LogP contribution in [0.25, 0.3) is 0 Å². The third-order valence-electron chi connectivity index (χ3n) is 8.22. The average Bonchev–Trinajstić information content (AvgIpc) is 2.66. The van der Waals surface area contributed by atoms with Crippen molar-refractivity contribution in [3.8, 4) is 0 Å².